The van der Waals surface area contributed by atoms with Gasteiger partial charge >= 0.3 is 0 Å². The minimum absolute atomic E-state index is 0.0205. The molecule has 1 aromatic rings. The maximum atomic E-state index is 13.8. The lowest BCUT2D eigenvalue weighted by Gasteiger charge is -2.23. The van der Waals surface area contributed by atoms with Crippen molar-refractivity contribution < 1.29 is 13.9 Å². The van der Waals surface area contributed by atoms with Crippen molar-refractivity contribution in [2.24, 2.45) is 0 Å². The molecule has 100 valence electrons. The summed E-state index contributed by atoms with van der Waals surface area (Å²) in [6.45, 7) is 4.92. The molecule has 0 bridgehead atoms. The molecule has 2 rings (SSSR count). The Morgan fingerprint density at radius 2 is 2.39 bits per heavy atom. The predicted molar refractivity (Wildman–Crippen MR) is 68.2 cm³/mol. The molecule has 1 unspecified atom stereocenters. The maximum Gasteiger partial charge on any atom is 0.165 e. The molecule has 18 heavy (non-hydrogen) atoms. The molecule has 0 radical (unpaired) electrons. The first-order valence-corrected chi connectivity index (χ1v) is 6.53. The second-order valence-electron chi connectivity index (χ2n) is 4.50. The van der Waals surface area contributed by atoms with Gasteiger partial charge in [0, 0.05) is 13.2 Å². The van der Waals surface area contributed by atoms with Gasteiger partial charge in [0.25, 0.3) is 0 Å². The van der Waals surface area contributed by atoms with Crippen LogP contribution in [0.25, 0.3) is 0 Å². The van der Waals surface area contributed by atoms with Gasteiger partial charge in [0.15, 0.2) is 11.6 Å². The highest BCUT2D eigenvalue weighted by atomic mass is 19.1. The van der Waals surface area contributed by atoms with Gasteiger partial charge in [-0.2, -0.15) is 0 Å². The standard InChI is InChI=1S/C14H20FNO2/c1-2-16-9-11-5-6-14(13(15)8-11)18-12-4-3-7-17-10-12/h5-6,8,12,16H,2-4,7,9-10H2,1H3. The van der Waals surface area contributed by atoms with E-state index in [-0.39, 0.29) is 11.9 Å². The third kappa shape index (κ3) is 3.68. The Labute approximate surface area is 107 Å². The molecule has 1 atom stereocenters. The summed E-state index contributed by atoms with van der Waals surface area (Å²) in [7, 11) is 0. The van der Waals surface area contributed by atoms with Crippen molar-refractivity contribution in [3.63, 3.8) is 0 Å². The topological polar surface area (TPSA) is 30.5 Å². The van der Waals surface area contributed by atoms with Crippen LogP contribution in [0.2, 0.25) is 0 Å². The van der Waals surface area contributed by atoms with Gasteiger partial charge in [0.2, 0.25) is 0 Å². The fourth-order valence-electron chi connectivity index (χ4n) is 2.00. The summed E-state index contributed by atoms with van der Waals surface area (Å²) < 4.78 is 24.8. The number of hydrogen-bond donors (Lipinski definition) is 1. The van der Waals surface area contributed by atoms with Crippen molar-refractivity contribution in [3.8, 4) is 5.75 Å². The lowest BCUT2D eigenvalue weighted by Crippen LogP contribution is -2.28. The molecule has 0 aliphatic carbocycles. The zero-order valence-corrected chi connectivity index (χ0v) is 10.7. The van der Waals surface area contributed by atoms with Crippen LogP contribution < -0.4 is 10.1 Å². The van der Waals surface area contributed by atoms with E-state index in [9.17, 15) is 4.39 Å². The SMILES string of the molecule is CCNCc1ccc(OC2CCCOC2)c(F)c1. The zero-order chi connectivity index (χ0) is 12.8. The Balaban J connectivity index is 1.95. The molecule has 1 heterocycles. The highest BCUT2D eigenvalue weighted by Crippen LogP contribution is 2.22. The minimum atomic E-state index is -0.295. The molecule has 1 saturated heterocycles. The van der Waals surface area contributed by atoms with E-state index in [1.54, 1.807) is 6.07 Å². The Morgan fingerprint density at radius 3 is 3.06 bits per heavy atom. The third-order valence-electron chi connectivity index (χ3n) is 2.99. The summed E-state index contributed by atoms with van der Waals surface area (Å²) >= 11 is 0. The molecular formula is C14H20FNO2. The van der Waals surface area contributed by atoms with Gasteiger partial charge < -0.3 is 14.8 Å². The summed E-state index contributed by atoms with van der Waals surface area (Å²) in [4.78, 5) is 0. The lowest BCUT2D eigenvalue weighted by atomic mass is 10.1. The van der Waals surface area contributed by atoms with E-state index < -0.39 is 0 Å². The molecule has 0 aromatic heterocycles. The second-order valence-corrected chi connectivity index (χ2v) is 4.50. The first-order chi connectivity index (χ1) is 8.79. The normalized spacial score (nSPS) is 19.8. The fraction of sp³-hybridized carbons (Fsp3) is 0.571. The minimum Gasteiger partial charge on any atom is -0.485 e. The van der Waals surface area contributed by atoms with Gasteiger partial charge in [0.05, 0.1) is 6.61 Å². The lowest BCUT2D eigenvalue weighted by molar-refractivity contribution is 0.00587. The van der Waals surface area contributed by atoms with Crippen LogP contribution in [0.4, 0.5) is 4.39 Å². The fourth-order valence-corrected chi connectivity index (χ4v) is 2.00. The number of benzene rings is 1. The number of nitrogens with one attached hydrogen (secondary N) is 1. The summed E-state index contributed by atoms with van der Waals surface area (Å²) in [6.07, 6.45) is 1.89. The largest absolute Gasteiger partial charge is 0.485 e. The van der Waals surface area contributed by atoms with Crippen LogP contribution in [0.1, 0.15) is 25.3 Å². The molecule has 1 aliphatic heterocycles. The van der Waals surface area contributed by atoms with Gasteiger partial charge in [0.1, 0.15) is 6.10 Å². The molecule has 3 nitrogen and oxygen atoms in total. The number of rotatable bonds is 5. The van der Waals surface area contributed by atoms with E-state index in [1.807, 2.05) is 13.0 Å². The van der Waals surface area contributed by atoms with Crippen LogP contribution in [0.3, 0.4) is 0 Å². The number of ether oxygens (including phenoxy) is 2. The number of hydrogen-bond acceptors (Lipinski definition) is 3. The average Bonchev–Trinajstić information content (AvgIpc) is 2.40. The average molecular weight is 253 g/mol. The van der Waals surface area contributed by atoms with Gasteiger partial charge in [-0.25, -0.2) is 4.39 Å². The molecule has 4 heteroatoms. The van der Waals surface area contributed by atoms with E-state index in [0.717, 1.165) is 31.6 Å². The second kappa shape index (κ2) is 6.71. The molecule has 0 amide bonds. The van der Waals surface area contributed by atoms with E-state index in [0.29, 0.717) is 18.9 Å². The summed E-state index contributed by atoms with van der Waals surface area (Å²) in [6, 6.07) is 5.13. The zero-order valence-electron chi connectivity index (χ0n) is 10.7. The smallest absolute Gasteiger partial charge is 0.165 e. The van der Waals surface area contributed by atoms with Crippen LogP contribution in [0, 0.1) is 5.82 Å². The van der Waals surface area contributed by atoms with Crippen molar-refractivity contribution in [1.29, 1.82) is 0 Å². The summed E-state index contributed by atoms with van der Waals surface area (Å²) in [5, 5.41) is 3.17. The Bertz CT molecular complexity index is 378. The van der Waals surface area contributed by atoms with Gasteiger partial charge in [-0.15, -0.1) is 0 Å². The van der Waals surface area contributed by atoms with Crippen LogP contribution in [0.15, 0.2) is 18.2 Å². The van der Waals surface area contributed by atoms with Crippen molar-refractivity contribution in [1.82, 2.24) is 5.32 Å². The van der Waals surface area contributed by atoms with Crippen LogP contribution >= 0.6 is 0 Å². The molecular weight excluding hydrogens is 233 g/mol. The van der Waals surface area contributed by atoms with Crippen molar-refractivity contribution in [2.45, 2.75) is 32.4 Å². The van der Waals surface area contributed by atoms with Crippen LogP contribution in [-0.2, 0) is 11.3 Å². The Hall–Kier alpha value is -1.13. The van der Waals surface area contributed by atoms with Gasteiger partial charge in [-0.05, 0) is 37.1 Å². The molecule has 0 saturated carbocycles. The maximum absolute atomic E-state index is 13.8. The van der Waals surface area contributed by atoms with E-state index in [4.69, 9.17) is 9.47 Å². The first kappa shape index (κ1) is 13.3. The predicted octanol–water partition coefficient (Wildman–Crippen LogP) is 2.49. The first-order valence-electron chi connectivity index (χ1n) is 6.53. The van der Waals surface area contributed by atoms with Crippen molar-refractivity contribution >= 4 is 0 Å². The molecule has 1 aromatic carbocycles. The molecule has 1 N–H and O–H groups in total. The Kier molecular flexibility index (Phi) is 4.96. The monoisotopic (exact) mass is 253 g/mol. The third-order valence-corrected chi connectivity index (χ3v) is 2.99. The molecule has 1 fully saturated rings. The van der Waals surface area contributed by atoms with E-state index in [1.165, 1.54) is 6.07 Å². The number of halogens is 1. The van der Waals surface area contributed by atoms with Crippen molar-refractivity contribution in [3.05, 3.63) is 29.6 Å². The summed E-state index contributed by atoms with van der Waals surface area (Å²) in [5.41, 5.74) is 0.932. The molecule has 1 aliphatic rings. The van der Waals surface area contributed by atoms with E-state index in [2.05, 4.69) is 5.32 Å². The molecule has 0 spiro atoms. The van der Waals surface area contributed by atoms with Crippen LogP contribution in [-0.4, -0.2) is 25.9 Å². The van der Waals surface area contributed by atoms with Gasteiger partial charge in [-0.3, -0.25) is 0 Å². The van der Waals surface area contributed by atoms with Crippen molar-refractivity contribution in [2.75, 3.05) is 19.8 Å². The summed E-state index contributed by atoms with van der Waals surface area (Å²) in [5.74, 6) is 0.0294. The highest BCUT2D eigenvalue weighted by molar-refractivity contribution is 5.29. The van der Waals surface area contributed by atoms with Gasteiger partial charge in [-0.1, -0.05) is 13.0 Å². The highest BCUT2D eigenvalue weighted by Gasteiger charge is 2.17. The quantitative estimate of drug-likeness (QED) is 0.874. The van der Waals surface area contributed by atoms with Crippen LogP contribution in [0.5, 0.6) is 5.75 Å². The Morgan fingerprint density at radius 1 is 1.50 bits per heavy atom. The van der Waals surface area contributed by atoms with E-state index >= 15 is 0 Å².